The molecule has 2 N–H and O–H groups in total. The van der Waals surface area contributed by atoms with E-state index in [1.165, 1.54) is 5.56 Å². The predicted molar refractivity (Wildman–Crippen MR) is 81.3 cm³/mol. The molecule has 1 amide bonds. The van der Waals surface area contributed by atoms with Crippen molar-refractivity contribution in [2.75, 3.05) is 7.11 Å². The normalized spacial score (nSPS) is 21.3. The van der Waals surface area contributed by atoms with Gasteiger partial charge in [0.15, 0.2) is 0 Å². The van der Waals surface area contributed by atoms with Gasteiger partial charge in [-0.3, -0.25) is 5.43 Å². The van der Waals surface area contributed by atoms with Crippen LogP contribution in [-0.4, -0.2) is 24.8 Å². The molecule has 2 rings (SSSR count). The molecule has 1 aromatic rings. The van der Waals surface area contributed by atoms with Crippen molar-refractivity contribution in [1.82, 2.24) is 10.9 Å². The summed E-state index contributed by atoms with van der Waals surface area (Å²) < 4.78 is 10.3. The maximum Gasteiger partial charge on any atom is 0.422 e. The number of ether oxygens (including phenoxy) is 2. The van der Waals surface area contributed by atoms with Gasteiger partial charge in [0.05, 0.1) is 7.11 Å². The summed E-state index contributed by atoms with van der Waals surface area (Å²) in [4.78, 5) is 11.5. The number of carbonyl (C=O) groups is 1. The highest BCUT2D eigenvalue weighted by atomic mass is 16.6. The Morgan fingerprint density at radius 3 is 2.33 bits per heavy atom. The Morgan fingerprint density at radius 1 is 1.19 bits per heavy atom. The molecule has 0 aliphatic heterocycles. The minimum absolute atomic E-state index is 0.296. The molecule has 0 bridgehead atoms. The first-order valence-electron chi connectivity index (χ1n) is 7.26. The fraction of sp³-hybridized carbons (Fsp3) is 0.562. The van der Waals surface area contributed by atoms with E-state index in [2.05, 4.69) is 23.0 Å². The molecule has 0 radical (unpaired) electrons. The van der Waals surface area contributed by atoms with E-state index in [4.69, 9.17) is 9.47 Å². The molecular formula is C16H24N2O3. The second kappa shape index (κ2) is 6.35. The third-order valence-electron chi connectivity index (χ3n) is 3.50. The van der Waals surface area contributed by atoms with Gasteiger partial charge in [0.2, 0.25) is 0 Å². The molecular weight excluding hydrogens is 268 g/mol. The van der Waals surface area contributed by atoms with Crippen molar-refractivity contribution in [3.63, 3.8) is 0 Å². The molecule has 1 saturated carbocycles. The molecule has 5 heteroatoms. The quantitative estimate of drug-likeness (QED) is 0.838. The highest BCUT2D eigenvalue weighted by Crippen LogP contribution is 2.37. The standard InChI is InChI=1S/C16H24N2O3/c1-16(2,3)21-15(19)18-17-13-9-12(10-13)11-5-7-14(20-4)8-6-11/h5-8,12-13,17H,9-10H2,1-4H3,(H,18,19). The molecule has 0 atom stereocenters. The Balaban J connectivity index is 1.70. The van der Waals surface area contributed by atoms with Crippen LogP contribution in [0.5, 0.6) is 5.75 Å². The van der Waals surface area contributed by atoms with Gasteiger partial charge in [0.1, 0.15) is 11.4 Å². The lowest BCUT2D eigenvalue weighted by atomic mass is 9.76. The minimum atomic E-state index is -0.475. The van der Waals surface area contributed by atoms with E-state index in [0.29, 0.717) is 12.0 Å². The largest absolute Gasteiger partial charge is 0.497 e. The van der Waals surface area contributed by atoms with E-state index in [1.807, 2.05) is 32.9 Å². The lowest BCUT2D eigenvalue weighted by Crippen LogP contribution is -2.50. The van der Waals surface area contributed by atoms with E-state index in [9.17, 15) is 4.79 Å². The van der Waals surface area contributed by atoms with Crippen LogP contribution in [0.3, 0.4) is 0 Å². The number of benzene rings is 1. The Bertz CT molecular complexity index is 473. The second-order valence-corrected chi connectivity index (χ2v) is 6.41. The first-order valence-corrected chi connectivity index (χ1v) is 7.26. The third-order valence-corrected chi connectivity index (χ3v) is 3.50. The van der Waals surface area contributed by atoms with Crippen LogP contribution in [0.15, 0.2) is 24.3 Å². The fourth-order valence-electron chi connectivity index (χ4n) is 2.35. The number of nitrogens with one attached hydrogen (secondary N) is 2. The maximum absolute atomic E-state index is 11.5. The molecule has 1 aliphatic carbocycles. The summed E-state index contributed by atoms with van der Waals surface area (Å²) in [5.74, 6) is 1.41. The van der Waals surface area contributed by atoms with Gasteiger partial charge in [-0.15, -0.1) is 0 Å². The van der Waals surface area contributed by atoms with Gasteiger partial charge >= 0.3 is 6.09 Å². The number of amides is 1. The van der Waals surface area contributed by atoms with E-state index < -0.39 is 11.7 Å². The molecule has 1 fully saturated rings. The van der Waals surface area contributed by atoms with Crippen molar-refractivity contribution in [2.24, 2.45) is 0 Å². The predicted octanol–water partition coefficient (Wildman–Crippen LogP) is 2.97. The van der Waals surface area contributed by atoms with Gasteiger partial charge in [0.25, 0.3) is 0 Å². The molecule has 0 saturated heterocycles. The molecule has 0 aromatic heterocycles. The van der Waals surface area contributed by atoms with Crippen molar-refractivity contribution in [1.29, 1.82) is 0 Å². The van der Waals surface area contributed by atoms with Crippen LogP contribution >= 0.6 is 0 Å². The van der Waals surface area contributed by atoms with E-state index in [1.54, 1.807) is 7.11 Å². The van der Waals surface area contributed by atoms with Crippen LogP contribution in [-0.2, 0) is 4.74 Å². The molecule has 0 heterocycles. The second-order valence-electron chi connectivity index (χ2n) is 6.41. The SMILES string of the molecule is COc1ccc(C2CC(NNC(=O)OC(C)(C)C)C2)cc1. The Kier molecular flexibility index (Phi) is 4.73. The fourth-order valence-corrected chi connectivity index (χ4v) is 2.35. The summed E-state index contributed by atoms with van der Waals surface area (Å²) in [5, 5.41) is 0. The van der Waals surface area contributed by atoms with Crippen LogP contribution in [0.1, 0.15) is 45.1 Å². The van der Waals surface area contributed by atoms with Gasteiger partial charge in [-0.2, -0.15) is 0 Å². The smallest absolute Gasteiger partial charge is 0.422 e. The van der Waals surface area contributed by atoms with Gasteiger partial charge in [0, 0.05) is 6.04 Å². The van der Waals surface area contributed by atoms with Crippen molar-refractivity contribution in [2.45, 2.75) is 51.2 Å². The topological polar surface area (TPSA) is 59.6 Å². The Morgan fingerprint density at radius 2 is 1.81 bits per heavy atom. The highest BCUT2D eigenvalue weighted by Gasteiger charge is 2.30. The van der Waals surface area contributed by atoms with E-state index in [-0.39, 0.29) is 0 Å². The van der Waals surface area contributed by atoms with Gasteiger partial charge in [-0.1, -0.05) is 12.1 Å². The molecule has 0 unspecified atom stereocenters. The number of methoxy groups -OCH3 is 1. The first-order chi connectivity index (χ1) is 9.87. The number of rotatable bonds is 4. The Labute approximate surface area is 126 Å². The summed E-state index contributed by atoms with van der Waals surface area (Å²) >= 11 is 0. The first kappa shape index (κ1) is 15.6. The summed E-state index contributed by atoms with van der Waals surface area (Å²) in [6.45, 7) is 5.53. The zero-order valence-corrected chi connectivity index (χ0v) is 13.1. The number of hydrogen-bond acceptors (Lipinski definition) is 4. The molecule has 0 spiro atoms. The van der Waals surface area contributed by atoms with Crippen LogP contribution in [0, 0.1) is 0 Å². The minimum Gasteiger partial charge on any atom is -0.497 e. The van der Waals surface area contributed by atoms with Crippen LogP contribution in [0.4, 0.5) is 4.79 Å². The number of hydrazine groups is 1. The highest BCUT2D eigenvalue weighted by molar-refractivity contribution is 5.67. The van der Waals surface area contributed by atoms with Crippen LogP contribution in [0.2, 0.25) is 0 Å². The molecule has 5 nitrogen and oxygen atoms in total. The monoisotopic (exact) mass is 292 g/mol. The summed E-state index contributed by atoms with van der Waals surface area (Å²) in [6.07, 6.45) is 1.57. The van der Waals surface area contributed by atoms with Crippen molar-refractivity contribution in [3.05, 3.63) is 29.8 Å². The maximum atomic E-state index is 11.5. The molecule has 116 valence electrons. The lowest BCUT2D eigenvalue weighted by molar-refractivity contribution is 0.0471. The van der Waals surface area contributed by atoms with Crippen LogP contribution in [0.25, 0.3) is 0 Å². The van der Waals surface area contributed by atoms with Crippen molar-refractivity contribution >= 4 is 6.09 Å². The lowest BCUT2D eigenvalue weighted by Gasteiger charge is -2.36. The van der Waals surface area contributed by atoms with E-state index >= 15 is 0 Å². The summed E-state index contributed by atoms with van der Waals surface area (Å²) in [5.41, 5.74) is 6.45. The van der Waals surface area contributed by atoms with Gasteiger partial charge in [-0.25, -0.2) is 10.2 Å². The summed E-state index contributed by atoms with van der Waals surface area (Å²) in [7, 11) is 1.67. The third kappa shape index (κ3) is 4.63. The molecule has 1 aliphatic rings. The average molecular weight is 292 g/mol. The van der Waals surface area contributed by atoms with Crippen molar-refractivity contribution in [3.8, 4) is 5.75 Å². The van der Waals surface area contributed by atoms with Gasteiger partial charge in [-0.05, 0) is 57.2 Å². The van der Waals surface area contributed by atoms with Crippen molar-refractivity contribution < 1.29 is 14.3 Å². The number of hydrogen-bond donors (Lipinski definition) is 2. The van der Waals surface area contributed by atoms with E-state index in [0.717, 1.165) is 18.6 Å². The Hall–Kier alpha value is -1.75. The average Bonchev–Trinajstić information content (AvgIpc) is 2.35. The molecule has 21 heavy (non-hydrogen) atoms. The molecule has 1 aromatic carbocycles. The number of carbonyl (C=O) groups excluding carboxylic acids is 1. The zero-order chi connectivity index (χ0) is 15.5. The van der Waals surface area contributed by atoms with Gasteiger partial charge < -0.3 is 9.47 Å². The van der Waals surface area contributed by atoms with Crippen LogP contribution < -0.4 is 15.6 Å². The summed E-state index contributed by atoms with van der Waals surface area (Å²) in [6, 6.07) is 8.45. The zero-order valence-electron chi connectivity index (χ0n) is 13.1.